The lowest BCUT2D eigenvalue weighted by Crippen LogP contribution is -2.31. The molecular formula is C16H21N3O. The molecule has 1 aliphatic heterocycles. The summed E-state index contributed by atoms with van der Waals surface area (Å²) in [5.41, 5.74) is 3.01. The minimum Gasteiger partial charge on any atom is -0.350 e. The summed E-state index contributed by atoms with van der Waals surface area (Å²) in [6.45, 7) is 3.57. The molecule has 0 bridgehead atoms. The molecular weight excluding hydrogens is 250 g/mol. The predicted molar refractivity (Wildman–Crippen MR) is 82.4 cm³/mol. The van der Waals surface area contributed by atoms with Gasteiger partial charge in [0.2, 0.25) is 0 Å². The Bertz CT molecular complexity index is 611. The van der Waals surface area contributed by atoms with E-state index in [1.807, 2.05) is 12.1 Å². The van der Waals surface area contributed by atoms with Crippen molar-refractivity contribution in [1.82, 2.24) is 9.47 Å². The molecule has 1 fully saturated rings. The monoisotopic (exact) mass is 271 g/mol. The molecule has 4 nitrogen and oxygen atoms in total. The maximum atomic E-state index is 10.7. The van der Waals surface area contributed by atoms with Gasteiger partial charge in [0, 0.05) is 30.7 Å². The van der Waals surface area contributed by atoms with Crippen LogP contribution in [-0.2, 0) is 13.5 Å². The van der Waals surface area contributed by atoms with E-state index in [1.54, 1.807) is 6.07 Å². The first-order valence-electron chi connectivity index (χ1n) is 7.41. The number of fused-ring (bicyclic) bond motifs is 1. The van der Waals surface area contributed by atoms with E-state index >= 15 is 0 Å². The van der Waals surface area contributed by atoms with E-state index in [0.29, 0.717) is 5.69 Å². The van der Waals surface area contributed by atoms with Crippen molar-refractivity contribution in [2.45, 2.75) is 25.7 Å². The summed E-state index contributed by atoms with van der Waals surface area (Å²) in [4.78, 5) is 13.3. The molecule has 106 valence electrons. The van der Waals surface area contributed by atoms with E-state index < -0.39 is 0 Å². The smallest absolute Gasteiger partial charge is 0.108 e. The van der Waals surface area contributed by atoms with Gasteiger partial charge in [0.1, 0.15) is 5.69 Å². The SMILES string of the molecule is Cn1cc(CCN2CCCCC2)c2cc(N=O)ccc21. The van der Waals surface area contributed by atoms with Gasteiger partial charge in [-0.2, -0.15) is 0 Å². The Balaban J connectivity index is 1.81. The Morgan fingerprint density at radius 3 is 2.75 bits per heavy atom. The Morgan fingerprint density at radius 2 is 2.00 bits per heavy atom. The number of aromatic nitrogens is 1. The zero-order valence-corrected chi connectivity index (χ0v) is 12.0. The zero-order valence-electron chi connectivity index (χ0n) is 12.0. The van der Waals surface area contributed by atoms with Gasteiger partial charge in [-0.3, -0.25) is 0 Å². The van der Waals surface area contributed by atoms with Crippen molar-refractivity contribution in [2.24, 2.45) is 12.2 Å². The zero-order chi connectivity index (χ0) is 13.9. The van der Waals surface area contributed by atoms with Crippen LogP contribution in [0.5, 0.6) is 0 Å². The predicted octanol–water partition coefficient (Wildman–Crippen LogP) is 3.60. The second kappa shape index (κ2) is 5.75. The van der Waals surface area contributed by atoms with Crippen molar-refractivity contribution >= 4 is 16.6 Å². The highest BCUT2D eigenvalue weighted by molar-refractivity contribution is 5.86. The van der Waals surface area contributed by atoms with E-state index in [1.165, 1.54) is 48.8 Å². The lowest BCUT2D eigenvalue weighted by molar-refractivity contribution is 0.231. The summed E-state index contributed by atoms with van der Waals surface area (Å²) >= 11 is 0. The molecule has 0 amide bonds. The van der Waals surface area contributed by atoms with Crippen LogP contribution in [-0.4, -0.2) is 29.1 Å². The second-order valence-electron chi connectivity index (χ2n) is 5.71. The summed E-state index contributed by atoms with van der Waals surface area (Å²) in [6.07, 6.45) is 7.26. The van der Waals surface area contributed by atoms with E-state index in [4.69, 9.17) is 0 Å². The van der Waals surface area contributed by atoms with Crippen LogP contribution in [0.1, 0.15) is 24.8 Å². The molecule has 1 aliphatic rings. The van der Waals surface area contributed by atoms with Gasteiger partial charge in [0.25, 0.3) is 0 Å². The molecule has 0 atom stereocenters. The first-order valence-corrected chi connectivity index (χ1v) is 7.41. The Labute approximate surface area is 119 Å². The molecule has 2 heterocycles. The molecule has 1 aromatic carbocycles. The standard InChI is InChI=1S/C16H21N3O/c1-18-12-13(7-10-19-8-3-2-4-9-19)15-11-14(17-20)5-6-16(15)18/h5-6,11-12H,2-4,7-10H2,1H3. The fourth-order valence-corrected chi connectivity index (χ4v) is 3.18. The number of nitrogens with zero attached hydrogens (tertiary/aromatic N) is 3. The number of likely N-dealkylation sites (tertiary alicyclic amines) is 1. The molecule has 4 heteroatoms. The first-order chi connectivity index (χ1) is 9.78. The molecule has 0 unspecified atom stereocenters. The number of benzene rings is 1. The molecule has 0 radical (unpaired) electrons. The number of piperidine rings is 1. The summed E-state index contributed by atoms with van der Waals surface area (Å²) in [5, 5.41) is 4.22. The minimum atomic E-state index is 0.517. The molecule has 0 aliphatic carbocycles. The quantitative estimate of drug-likeness (QED) is 0.797. The Kier molecular flexibility index (Phi) is 3.83. The molecule has 1 aromatic heterocycles. The highest BCUT2D eigenvalue weighted by atomic mass is 16.3. The molecule has 20 heavy (non-hydrogen) atoms. The van der Waals surface area contributed by atoms with Crippen molar-refractivity contribution in [3.05, 3.63) is 34.9 Å². The third-order valence-electron chi connectivity index (χ3n) is 4.31. The van der Waals surface area contributed by atoms with E-state index in [2.05, 4.69) is 27.9 Å². The largest absolute Gasteiger partial charge is 0.350 e. The summed E-state index contributed by atoms with van der Waals surface area (Å²) in [6, 6.07) is 5.67. The third kappa shape index (κ3) is 2.61. The highest BCUT2D eigenvalue weighted by Crippen LogP contribution is 2.26. The third-order valence-corrected chi connectivity index (χ3v) is 4.31. The van der Waals surface area contributed by atoms with Crippen LogP contribution < -0.4 is 0 Å². The first kappa shape index (κ1) is 13.3. The second-order valence-corrected chi connectivity index (χ2v) is 5.71. The van der Waals surface area contributed by atoms with Crippen molar-refractivity contribution in [3.8, 4) is 0 Å². The van der Waals surface area contributed by atoms with Gasteiger partial charge in [-0.1, -0.05) is 6.42 Å². The lowest BCUT2D eigenvalue weighted by Gasteiger charge is -2.26. The van der Waals surface area contributed by atoms with Crippen LogP contribution in [0, 0.1) is 4.91 Å². The summed E-state index contributed by atoms with van der Waals surface area (Å²) in [7, 11) is 2.06. The molecule has 0 spiro atoms. The van der Waals surface area contributed by atoms with Crippen molar-refractivity contribution in [2.75, 3.05) is 19.6 Å². The van der Waals surface area contributed by atoms with Gasteiger partial charge in [-0.15, -0.1) is 4.91 Å². The topological polar surface area (TPSA) is 37.6 Å². The fourth-order valence-electron chi connectivity index (χ4n) is 3.18. The van der Waals surface area contributed by atoms with Gasteiger partial charge in [-0.25, -0.2) is 0 Å². The normalized spacial score (nSPS) is 16.6. The average molecular weight is 271 g/mol. The molecule has 3 rings (SSSR count). The number of rotatable bonds is 4. The number of hydrogen-bond donors (Lipinski definition) is 0. The minimum absolute atomic E-state index is 0.517. The Hall–Kier alpha value is -1.68. The lowest BCUT2D eigenvalue weighted by atomic mass is 10.1. The van der Waals surface area contributed by atoms with E-state index in [0.717, 1.165) is 13.0 Å². The van der Waals surface area contributed by atoms with Gasteiger partial charge in [0.15, 0.2) is 0 Å². The Morgan fingerprint density at radius 1 is 1.20 bits per heavy atom. The fraction of sp³-hybridized carbons (Fsp3) is 0.500. The molecule has 1 saturated heterocycles. The van der Waals surface area contributed by atoms with Crippen molar-refractivity contribution in [3.63, 3.8) is 0 Å². The van der Waals surface area contributed by atoms with Crippen LogP contribution in [0.15, 0.2) is 29.6 Å². The van der Waals surface area contributed by atoms with Gasteiger partial charge in [0.05, 0.1) is 0 Å². The van der Waals surface area contributed by atoms with E-state index in [-0.39, 0.29) is 0 Å². The molecule has 0 saturated carbocycles. The van der Waals surface area contributed by atoms with Gasteiger partial charge < -0.3 is 9.47 Å². The maximum absolute atomic E-state index is 10.7. The molecule has 2 aromatic rings. The number of nitroso groups, excluding NO2 is 1. The highest BCUT2D eigenvalue weighted by Gasteiger charge is 2.12. The van der Waals surface area contributed by atoms with Crippen LogP contribution in [0.4, 0.5) is 5.69 Å². The summed E-state index contributed by atoms with van der Waals surface area (Å²) < 4.78 is 2.13. The molecule has 0 N–H and O–H groups in total. The number of hydrogen-bond acceptors (Lipinski definition) is 3. The maximum Gasteiger partial charge on any atom is 0.108 e. The van der Waals surface area contributed by atoms with Crippen LogP contribution in [0.2, 0.25) is 0 Å². The van der Waals surface area contributed by atoms with Gasteiger partial charge in [-0.05, 0) is 61.3 Å². The van der Waals surface area contributed by atoms with E-state index in [9.17, 15) is 4.91 Å². The van der Waals surface area contributed by atoms with Gasteiger partial charge >= 0.3 is 0 Å². The van der Waals surface area contributed by atoms with Crippen LogP contribution >= 0.6 is 0 Å². The number of aryl methyl sites for hydroxylation is 1. The van der Waals surface area contributed by atoms with Crippen LogP contribution in [0.25, 0.3) is 10.9 Å². The van der Waals surface area contributed by atoms with Crippen molar-refractivity contribution in [1.29, 1.82) is 0 Å². The van der Waals surface area contributed by atoms with Crippen molar-refractivity contribution < 1.29 is 0 Å². The average Bonchev–Trinajstić information content (AvgIpc) is 2.82. The van der Waals surface area contributed by atoms with Crippen LogP contribution in [0.3, 0.4) is 0 Å². The summed E-state index contributed by atoms with van der Waals surface area (Å²) in [5.74, 6) is 0.